The van der Waals surface area contributed by atoms with Crippen molar-refractivity contribution >= 4 is 11.8 Å². The zero-order valence-electron chi connectivity index (χ0n) is 18.4. The highest BCUT2D eigenvalue weighted by atomic mass is 19.1. The third-order valence-corrected chi connectivity index (χ3v) is 5.68. The maximum Gasteiger partial charge on any atom is 0.410 e. The molecule has 0 saturated carbocycles. The van der Waals surface area contributed by atoms with E-state index in [1.54, 1.807) is 4.90 Å². The molecule has 3 rings (SSSR count). The number of piperidine rings is 1. The lowest BCUT2D eigenvalue weighted by Crippen LogP contribution is -2.54. The molecule has 7 heteroatoms. The molecular weight excluding hydrogens is 371 g/mol. The van der Waals surface area contributed by atoms with Crippen molar-refractivity contribution in [1.29, 1.82) is 0 Å². The SMILES string of the molecule is Cc1ncc(CN2CCN(C(=O)OC(C)(C)C)C[C@@H]2C)cc1N1CCC(F)CC1. The van der Waals surface area contributed by atoms with Gasteiger partial charge in [0.05, 0.1) is 11.4 Å². The van der Waals surface area contributed by atoms with Gasteiger partial charge in [0.1, 0.15) is 11.8 Å². The fourth-order valence-corrected chi connectivity index (χ4v) is 4.02. The van der Waals surface area contributed by atoms with Crippen LogP contribution in [-0.4, -0.2) is 71.4 Å². The van der Waals surface area contributed by atoms with Crippen molar-refractivity contribution in [2.24, 2.45) is 0 Å². The zero-order valence-corrected chi connectivity index (χ0v) is 18.4. The normalized spacial score (nSPS) is 22.1. The zero-order chi connectivity index (χ0) is 21.2. The molecule has 1 atom stereocenters. The number of amides is 1. The minimum atomic E-state index is -0.676. The van der Waals surface area contributed by atoms with Gasteiger partial charge in [0.25, 0.3) is 0 Å². The van der Waals surface area contributed by atoms with Crippen LogP contribution >= 0.6 is 0 Å². The Bertz CT molecular complexity index is 713. The van der Waals surface area contributed by atoms with Gasteiger partial charge in [0, 0.05) is 51.5 Å². The number of halogens is 1. The van der Waals surface area contributed by atoms with Gasteiger partial charge in [-0.3, -0.25) is 9.88 Å². The molecule has 3 heterocycles. The number of rotatable bonds is 3. The Morgan fingerprint density at radius 2 is 1.93 bits per heavy atom. The van der Waals surface area contributed by atoms with Crippen LogP contribution in [0.25, 0.3) is 0 Å². The van der Waals surface area contributed by atoms with E-state index in [0.717, 1.165) is 43.1 Å². The van der Waals surface area contributed by atoms with Crippen LogP contribution in [0.3, 0.4) is 0 Å². The molecule has 2 aliphatic heterocycles. The summed E-state index contributed by atoms with van der Waals surface area (Å²) < 4.78 is 19.0. The molecule has 29 heavy (non-hydrogen) atoms. The number of carbonyl (C=O) groups is 1. The Morgan fingerprint density at radius 1 is 1.24 bits per heavy atom. The predicted octanol–water partition coefficient (Wildman–Crippen LogP) is 3.77. The van der Waals surface area contributed by atoms with Gasteiger partial charge >= 0.3 is 6.09 Å². The van der Waals surface area contributed by atoms with Gasteiger partial charge < -0.3 is 14.5 Å². The van der Waals surface area contributed by atoms with E-state index >= 15 is 0 Å². The molecule has 0 bridgehead atoms. The molecule has 2 saturated heterocycles. The van der Waals surface area contributed by atoms with Crippen LogP contribution in [0.5, 0.6) is 0 Å². The summed E-state index contributed by atoms with van der Waals surface area (Å²) in [7, 11) is 0. The van der Waals surface area contributed by atoms with Gasteiger partial charge in [-0.25, -0.2) is 9.18 Å². The lowest BCUT2D eigenvalue weighted by atomic mass is 10.1. The van der Waals surface area contributed by atoms with Crippen molar-refractivity contribution in [3.05, 3.63) is 23.5 Å². The van der Waals surface area contributed by atoms with E-state index in [9.17, 15) is 9.18 Å². The van der Waals surface area contributed by atoms with E-state index in [1.807, 2.05) is 33.9 Å². The highest BCUT2D eigenvalue weighted by Crippen LogP contribution is 2.26. The summed E-state index contributed by atoms with van der Waals surface area (Å²) in [5, 5.41) is 0. The minimum Gasteiger partial charge on any atom is -0.444 e. The quantitative estimate of drug-likeness (QED) is 0.765. The number of nitrogens with zero attached hydrogens (tertiary/aromatic N) is 4. The number of hydrogen-bond acceptors (Lipinski definition) is 5. The van der Waals surface area contributed by atoms with Crippen LogP contribution in [0, 0.1) is 6.92 Å². The van der Waals surface area contributed by atoms with Gasteiger partial charge in [-0.2, -0.15) is 0 Å². The first-order chi connectivity index (χ1) is 13.6. The van der Waals surface area contributed by atoms with Gasteiger partial charge in [0.15, 0.2) is 0 Å². The van der Waals surface area contributed by atoms with Crippen LogP contribution in [-0.2, 0) is 11.3 Å². The summed E-state index contributed by atoms with van der Waals surface area (Å²) in [6.07, 6.45) is 2.21. The molecule has 0 N–H and O–H groups in total. The molecule has 162 valence electrons. The van der Waals surface area contributed by atoms with E-state index < -0.39 is 11.8 Å². The Labute approximate surface area is 174 Å². The molecule has 0 spiro atoms. The Hall–Kier alpha value is -1.89. The highest BCUT2D eigenvalue weighted by Gasteiger charge is 2.30. The molecule has 1 aromatic rings. The summed E-state index contributed by atoms with van der Waals surface area (Å²) in [6.45, 7) is 14.2. The van der Waals surface area contributed by atoms with E-state index in [2.05, 4.69) is 27.8 Å². The number of alkyl halides is 1. The van der Waals surface area contributed by atoms with Gasteiger partial charge in [-0.1, -0.05) is 0 Å². The summed E-state index contributed by atoms with van der Waals surface area (Å²) >= 11 is 0. The number of aryl methyl sites for hydroxylation is 1. The first kappa shape index (κ1) is 21.8. The second-order valence-electron chi connectivity index (χ2n) is 9.36. The second kappa shape index (κ2) is 8.86. The predicted molar refractivity (Wildman–Crippen MR) is 113 cm³/mol. The molecule has 0 radical (unpaired) electrons. The van der Waals surface area contributed by atoms with E-state index in [-0.39, 0.29) is 12.1 Å². The number of anilines is 1. The Kier molecular flexibility index (Phi) is 6.66. The van der Waals surface area contributed by atoms with Crippen LogP contribution in [0.2, 0.25) is 0 Å². The van der Waals surface area contributed by atoms with E-state index in [0.29, 0.717) is 25.9 Å². The van der Waals surface area contributed by atoms with Crippen molar-refractivity contribution in [3.8, 4) is 0 Å². The Morgan fingerprint density at radius 3 is 2.55 bits per heavy atom. The van der Waals surface area contributed by atoms with Crippen LogP contribution in [0.1, 0.15) is 51.8 Å². The maximum absolute atomic E-state index is 13.5. The number of carbonyl (C=O) groups excluding carboxylic acids is 1. The summed E-state index contributed by atoms with van der Waals surface area (Å²) in [6, 6.07) is 2.44. The van der Waals surface area contributed by atoms with Crippen LogP contribution in [0.15, 0.2) is 12.3 Å². The summed E-state index contributed by atoms with van der Waals surface area (Å²) in [5.74, 6) is 0. The average Bonchev–Trinajstić information content (AvgIpc) is 2.64. The van der Waals surface area contributed by atoms with Crippen molar-refractivity contribution < 1.29 is 13.9 Å². The van der Waals surface area contributed by atoms with Crippen molar-refractivity contribution in [2.75, 3.05) is 37.6 Å². The lowest BCUT2D eigenvalue weighted by Gasteiger charge is -2.40. The maximum atomic E-state index is 13.5. The smallest absolute Gasteiger partial charge is 0.410 e. The van der Waals surface area contributed by atoms with Gasteiger partial charge in [-0.05, 0) is 59.1 Å². The Balaban J connectivity index is 1.61. The summed E-state index contributed by atoms with van der Waals surface area (Å²) in [4.78, 5) is 23.4. The fourth-order valence-electron chi connectivity index (χ4n) is 4.02. The molecule has 0 unspecified atom stereocenters. The molecular formula is C22H35FN4O2. The number of pyridine rings is 1. The van der Waals surface area contributed by atoms with E-state index in [1.165, 1.54) is 0 Å². The van der Waals surface area contributed by atoms with Crippen LogP contribution < -0.4 is 4.90 Å². The topological polar surface area (TPSA) is 48.9 Å². The second-order valence-corrected chi connectivity index (χ2v) is 9.36. The van der Waals surface area contributed by atoms with Crippen LogP contribution in [0.4, 0.5) is 14.9 Å². The van der Waals surface area contributed by atoms with Gasteiger partial charge in [0.2, 0.25) is 0 Å². The highest BCUT2D eigenvalue weighted by molar-refractivity contribution is 5.68. The van der Waals surface area contributed by atoms with Crippen molar-refractivity contribution in [3.63, 3.8) is 0 Å². The molecule has 2 fully saturated rings. The first-order valence-corrected chi connectivity index (χ1v) is 10.7. The lowest BCUT2D eigenvalue weighted by molar-refractivity contribution is 0.00460. The third-order valence-electron chi connectivity index (χ3n) is 5.68. The molecule has 1 aromatic heterocycles. The fraction of sp³-hybridized carbons (Fsp3) is 0.727. The monoisotopic (exact) mass is 406 g/mol. The first-order valence-electron chi connectivity index (χ1n) is 10.7. The standard InChI is InChI=1S/C22H35FN4O2/c1-16-14-27(21(28)29-22(3,4)5)11-10-26(16)15-18-12-20(17(2)24-13-18)25-8-6-19(23)7-9-25/h12-13,16,19H,6-11,14-15H2,1-5H3/t16-/m0/s1. The minimum absolute atomic E-state index is 0.237. The molecule has 0 aliphatic carbocycles. The molecule has 0 aromatic carbocycles. The summed E-state index contributed by atoms with van der Waals surface area (Å²) in [5.41, 5.74) is 2.80. The molecule has 6 nitrogen and oxygen atoms in total. The number of aromatic nitrogens is 1. The molecule has 2 aliphatic rings. The number of piperazine rings is 1. The largest absolute Gasteiger partial charge is 0.444 e. The third kappa shape index (κ3) is 5.81. The number of hydrogen-bond donors (Lipinski definition) is 0. The van der Waals surface area contributed by atoms with Crippen molar-refractivity contribution in [2.45, 2.75) is 71.8 Å². The van der Waals surface area contributed by atoms with E-state index in [4.69, 9.17) is 4.74 Å². The van der Waals surface area contributed by atoms with Gasteiger partial charge in [-0.15, -0.1) is 0 Å². The number of ether oxygens (including phenoxy) is 1. The molecule has 1 amide bonds. The average molecular weight is 407 g/mol. The van der Waals surface area contributed by atoms with Crippen molar-refractivity contribution in [1.82, 2.24) is 14.8 Å².